The van der Waals surface area contributed by atoms with E-state index in [9.17, 15) is 10.1 Å². The molecule has 0 atom stereocenters. The van der Waals surface area contributed by atoms with Crippen LogP contribution in [-0.4, -0.2) is 18.6 Å². The number of ether oxygens (including phenoxy) is 1. The van der Waals surface area contributed by atoms with Crippen LogP contribution in [0.15, 0.2) is 29.8 Å². The fourth-order valence-electron chi connectivity index (χ4n) is 2.45. The van der Waals surface area contributed by atoms with Crippen molar-refractivity contribution in [2.24, 2.45) is 0 Å². The normalized spacial score (nSPS) is 14.2. The van der Waals surface area contributed by atoms with E-state index in [0.717, 1.165) is 18.5 Å². The molecule has 0 amide bonds. The van der Waals surface area contributed by atoms with Gasteiger partial charge in [-0.2, -0.15) is 0 Å². The maximum absolute atomic E-state index is 10.8. The lowest BCUT2D eigenvalue weighted by atomic mass is 10.1. The number of non-ortho nitro benzene ring substituents is 1. The molecule has 0 aliphatic heterocycles. The molecular formula is C15H20N2O3. The summed E-state index contributed by atoms with van der Waals surface area (Å²) in [5.41, 5.74) is 2.44. The molecule has 0 unspecified atom stereocenters. The Balaban J connectivity index is 1.89. The second-order valence-corrected chi connectivity index (χ2v) is 4.93. The molecule has 0 bridgehead atoms. The lowest BCUT2D eigenvalue weighted by molar-refractivity contribution is -0.384. The maximum atomic E-state index is 10.8. The molecule has 20 heavy (non-hydrogen) atoms. The van der Waals surface area contributed by atoms with Crippen LogP contribution in [0.2, 0.25) is 0 Å². The standard InChI is InChI=1S/C15H20N2O3/c1-20-15-7-6-14(17(18)19)10-13(15)11-16-9-8-12-4-2-3-5-12/h4,6-7,10,16H,2-3,5,8-9,11H2,1H3. The van der Waals surface area contributed by atoms with Gasteiger partial charge in [-0.1, -0.05) is 11.6 Å². The molecule has 1 N–H and O–H groups in total. The van der Waals surface area contributed by atoms with Crippen molar-refractivity contribution in [2.45, 2.75) is 32.2 Å². The van der Waals surface area contributed by atoms with Crippen LogP contribution in [0.1, 0.15) is 31.2 Å². The van der Waals surface area contributed by atoms with E-state index in [1.54, 1.807) is 19.2 Å². The number of nitro benzene ring substituents is 1. The Bertz CT molecular complexity index is 512. The third-order valence-corrected chi connectivity index (χ3v) is 3.55. The lowest BCUT2D eigenvalue weighted by Gasteiger charge is -2.10. The van der Waals surface area contributed by atoms with E-state index in [2.05, 4.69) is 11.4 Å². The largest absolute Gasteiger partial charge is 0.496 e. The molecule has 1 aromatic carbocycles. The van der Waals surface area contributed by atoms with Crippen LogP contribution in [-0.2, 0) is 6.54 Å². The van der Waals surface area contributed by atoms with Crippen molar-refractivity contribution >= 4 is 5.69 Å². The van der Waals surface area contributed by atoms with Crippen LogP contribution in [0.4, 0.5) is 5.69 Å². The predicted molar refractivity (Wildman–Crippen MR) is 77.9 cm³/mol. The first-order valence-electron chi connectivity index (χ1n) is 6.90. The van der Waals surface area contributed by atoms with Gasteiger partial charge in [0, 0.05) is 24.2 Å². The van der Waals surface area contributed by atoms with Crippen molar-refractivity contribution in [3.05, 3.63) is 45.5 Å². The molecule has 0 aromatic heterocycles. The molecule has 0 fully saturated rings. The SMILES string of the molecule is COc1ccc([N+](=O)[O-])cc1CNCCC1=CCCC1. The highest BCUT2D eigenvalue weighted by atomic mass is 16.6. The Labute approximate surface area is 118 Å². The second-order valence-electron chi connectivity index (χ2n) is 4.93. The molecule has 1 aliphatic rings. The summed E-state index contributed by atoms with van der Waals surface area (Å²) in [7, 11) is 1.58. The molecule has 5 heteroatoms. The minimum atomic E-state index is -0.383. The fourth-order valence-corrected chi connectivity index (χ4v) is 2.45. The minimum Gasteiger partial charge on any atom is -0.496 e. The number of rotatable bonds is 7. The summed E-state index contributed by atoms with van der Waals surface area (Å²) in [6.07, 6.45) is 7.05. The number of nitrogens with zero attached hydrogens (tertiary/aromatic N) is 1. The van der Waals surface area contributed by atoms with Crippen LogP contribution >= 0.6 is 0 Å². The first-order chi connectivity index (χ1) is 9.70. The predicted octanol–water partition coefficient (Wildman–Crippen LogP) is 3.19. The van der Waals surface area contributed by atoms with E-state index < -0.39 is 0 Å². The molecule has 0 saturated heterocycles. The van der Waals surface area contributed by atoms with Gasteiger partial charge in [0.05, 0.1) is 12.0 Å². The molecule has 0 radical (unpaired) electrons. The molecule has 1 aliphatic carbocycles. The van der Waals surface area contributed by atoms with E-state index in [1.165, 1.54) is 30.9 Å². The zero-order valence-electron chi connectivity index (χ0n) is 11.7. The average molecular weight is 276 g/mol. The molecule has 0 spiro atoms. The quantitative estimate of drug-likeness (QED) is 0.359. The van der Waals surface area contributed by atoms with E-state index in [1.807, 2.05) is 0 Å². The molecular weight excluding hydrogens is 256 g/mol. The number of methoxy groups -OCH3 is 1. The van der Waals surface area contributed by atoms with Gasteiger partial charge in [0.25, 0.3) is 5.69 Å². The van der Waals surface area contributed by atoms with E-state index in [0.29, 0.717) is 12.3 Å². The summed E-state index contributed by atoms with van der Waals surface area (Å²) in [5.74, 6) is 0.684. The van der Waals surface area contributed by atoms with Gasteiger partial charge in [0.15, 0.2) is 0 Å². The monoisotopic (exact) mass is 276 g/mol. The van der Waals surface area contributed by atoms with Gasteiger partial charge in [-0.25, -0.2) is 0 Å². The van der Waals surface area contributed by atoms with Crippen LogP contribution < -0.4 is 10.1 Å². The Morgan fingerprint density at radius 1 is 1.45 bits per heavy atom. The first-order valence-corrected chi connectivity index (χ1v) is 6.90. The highest BCUT2D eigenvalue weighted by Crippen LogP contribution is 2.24. The average Bonchev–Trinajstić information content (AvgIpc) is 2.96. The summed E-state index contributed by atoms with van der Waals surface area (Å²) in [6.45, 7) is 1.47. The maximum Gasteiger partial charge on any atom is 0.270 e. The van der Waals surface area contributed by atoms with Crippen LogP contribution in [0, 0.1) is 10.1 Å². The minimum absolute atomic E-state index is 0.0982. The van der Waals surface area contributed by atoms with Crippen molar-refractivity contribution < 1.29 is 9.66 Å². The molecule has 1 aromatic rings. The Morgan fingerprint density at radius 3 is 2.95 bits per heavy atom. The molecule has 0 heterocycles. The number of nitrogens with one attached hydrogen (secondary N) is 1. The molecule has 108 valence electrons. The lowest BCUT2D eigenvalue weighted by Crippen LogP contribution is -2.15. The third-order valence-electron chi connectivity index (χ3n) is 3.55. The smallest absolute Gasteiger partial charge is 0.270 e. The van der Waals surface area contributed by atoms with Gasteiger partial charge in [-0.05, 0) is 38.3 Å². The third kappa shape index (κ3) is 3.81. The highest BCUT2D eigenvalue weighted by Gasteiger charge is 2.11. The van der Waals surface area contributed by atoms with Gasteiger partial charge < -0.3 is 10.1 Å². The Hall–Kier alpha value is -1.88. The van der Waals surface area contributed by atoms with Crippen molar-refractivity contribution in [1.82, 2.24) is 5.32 Å². The second kappa shape index (κ2) is 7.05. The number of hydrogen-bond donors (Lipinski definition) is 1. The summed E-state index contributed by atoms with van der Waals surface area (Å²) in [6, 6.07) is 4.68. The Morgan fingerprint density at radius 2 is 2.30 bits per heavy atom. The zero-order chi connectivity index (χ0) is 14.4. The van der Waals surface area contributed by atoms with Gasteiger partial charge in [-0.15, -0.1) is 0 Å². The summed E-state index contributed by atoms with van der Waals surface area (Å²) < 4.78 is 5.24. The van der Waals surface area contributed by atoms with Crippen LogP contribution in [0.3, 0.4) is 0 Å². The van der Waals surface area contributed by atoms with Crippen molar-refractivity contribution in [3.63, 3.8) is 0 Å². The molecule has 2 rings (SSSR count). The van der Waals surface area contributed by atoms with Gasteiger partial charge in [0.2, 0.25) is 0 Å². The number of benzene rings is 1. The summed E-state index contributed by atoms with van der Waals surface area (Å²) in [5, 5.41) is 14.1. The van der Waals surface area contributed by atoms with Crippen molar-refractivity contribution in [3.8, 4) is 5.75 Å². The molecule has 0 saturated carbocycles. The van der Waals surface area contributed by atoms with Gasteiger partial charge in [0.1, 0.15) is 5.75 Å². The topological polar surface area (TPSA) is 64.4 Å². The fraction of sp³-hybridized carbons (Fsp3) is 0.467. The van der Waals surface area contributed by atoms with Crippen LogP contribution in [0.25, 0.3) is 0 Å². The first kappa shape index (κ1) is 14.5. The van der Waals surface area contributed by atoms with E-state index in [4.69, 9.17) is 4.74 Å². The summed E-state index contributed by atoms with van der Waals surface area (Å²) >= 11 is 0. The van der Waals surface area contributed by atoms with Crippen LogP contribution in [0.5, 0.6) is 5.75 Å². The van der Waals surface area contributed by atoms with Crippen molar-refractivity contribution in [2.75, 3.05) is 13.7 Å². The molecule has 5 nitrogen and oxygen atoms in total. The zero-order valence-corrected chi connectivity index (χ0v) is 11.7. The van der Waals surface area contributed by atoms with Gasteiger partial charge in [-0.3, -0.25) is 10.1 Å². The highest BCUT2D eigenvalue weighted by molar-refractivity contribution is 5.43. The van der Waals surface area contributed by atoms with Gasteiger partial charge >= 0.3 is 0 Å². The van der Waals surface area contributed by atoms with E-state index >= 15 is 0 Å². The Kier molecular flexibility index (Phi) is 5.12. The number of allylic oxidation sites excluding steroid dienone is 1. The number of nitro groups is 1. The van der Waals surface area contributed by atoms with E-state index in [-0.39, 0.29) is 10.6 Å². The number of hydrogen-bond acceptors (Lipinski definition) is 4. The van der Waals surface area contributed by atoms with Crippen molar-refractivity contribution in [1.29, 1.82) is 0 Å². The summed E-state index contributed by atoms with van der Waals surface area (Å²) in [4.78, 5) is 10.4.